The van der Waals surface area contributed by atoms with E-state index < -0.39 is 5.91 Å². The molecule has 0 aliphatic carbocycles. The van der Waals surface area contributed by atoms with E-state index in [0.717, 1.165) is 20.3 Å². The lowest BCUT2D eigenvalue weighted by atomic mass is 10.3. The van der Waals surface area contributed by atoms with Crippen LogP contribution in [0, 0.1) is 11.3 Å². The molecule has 0 saturated heterocycles. The summed E-state index contributed by atoms with van der Waals surface area (Å²) in [7, 11) is 0. The van der Waals surface area contributed by atoms with Crippen LogP contribution in [0.2, 0.25) is 0 Å². The number of aromatic nitrogens is 1. The second kappa shape index (κ2) is 8.51. The number of furan rings is 1. The van der Waals surface area contributed by atoms with Crippen molar-refractivity contribution < 1.29 is 13.9 Å². The van der Waals surface area contributed by atoms with E-state index in [9.17, 15) is 4.79 Å². The average molecular weight is 386 g/mol. The van der Waals surface area contributed by atoms with Crippen molar-refractivity contribution in [3.8, 4) is 11.8 Å². The van der Waals surface area contributed by atoms with Gasteiger partial charge in [-0.2, -0.15) is 10.4 Å². The number of carbonyl (C=O) groups excluding carboxylic acids is 1. The largest absolute Gasteiger partial charge is 0.494 e. The number of benzene rings is 1. The summed E-state index contributed by atoms with van der Waals surface area (Å²) in [5.41, 5.74) is 3.15. The molecule has 26 heavy (non-hydrogen) atoms. The highest BCUT2D eigenvalue weighted by Gasteiger charge is 2.09. The first-order valence-electron chi connectivity index (χ1n) is 7.68. The zero-order valence-electron chi connectivity index (χ0n) is 13.8. The normalized spacial score (nSPS) is 10.9. The Bertz CT molecular complexity index is 987. The van der Waals surface area contributed by atoms with Gasteiger partial charge in [-0.1, -0.05) is 0 Å². The van der Waals surface area contributed by atoms with Crippen LogP contribution < -0.4 is 10.2 Å². The summed E-state index contributed by atoms with van der Waals surface area (Å²) in [6, 6.07) is 11.1. The van der Waals surface area contributed by atoms with Crippen molar-refractivity contribution in [1.29, 1.82) is 5.26 Å². The van der Waals surface area contributed by atoms with Crippen molar-refractivity contribution in [3.05, 3.63) is 36.1 Å². The van der Waals surface area contributed by atoms with Crippen LogP contribution >= 0.6 is 23.1 Å². The zero-order valence-corrected chi connectivity index (χ0v) is 15.4. The van der Waals surface area contributed by atoms with Crippen molar-refractivity contribution >= 4 is 45.4 Å². The second-order valence-electron chi connectivity index (χ2n) is 4.93. The number of hydrogen-bond donors (Lipinski definition) is 1. The number of nitriles is 1. The van der Waals surface area contributed by atoms with Crippen LogP contribution in [0.5, 0.6) is 5.75 Å². The summed E-state index contributed by atoms with van der Waals surface area (Å²) < 4.78 is 13.0. The van der Waals surface area contributed by atoms with E-state index >= 15 is 0 Å². The molecule has 3 aromatic rings. The molecule has 2 heterocycles. The van der Waals surface area contributed by atoms with Gasteiger partial charge in [0.05, 0.1) is 29.1 Å². The minimum Gasteiger partial charge on any atom is -0.494 e. The van der Waals surface area contributed by atoms with Crippen molar-refractivity contribution in [2.75, 3.05) is 6.61 Å². The first-order valence-corrected chi connectivity index (χ1v) is 9.31. The lowest BCUT2D eigenvalue weighted by molar-refractivity contribution is -0.120. The van der Waals surface area contributed by atoms with Crippen LogP contribution in [0.25, 0.3) is 10.2 Å². The molecule has 9 heteroatoms. The van der Waals surface area contributed by atoms with Gasteiger partial charge in [-0.25, -0.2) is 10.4 Å². The molecule has 0 saturated carbocycles. The molecule has 1 amide bonds. The smallest absolute Gasteiger partial charge is 0.254 e. The standard InChI is InChI=1S/C17H14N4O3S2/c1-2-23-11-3-5-13-14(9-11)25-17(20-13)26-16-6-4-12(24-16)10-19-21-15(22)7-8-18/h3-6,9-10H,2,7H2,1H3,(H,21,22)/b19-10+. The molecule has 0 atom stereocenters. The first-order chi connectivity index (χ1) is 12.7. The predicted molar refractivity (Wildman–Crippen MR) is 99.6 cm³/mol. The summed E-state index contributed by atoms with van der Waals surface area (Å²) in [5, 5.41) is 12.8. The van der Waals surface area contributed by atoms with E-state index in [1.165, 1.54) is 18.0 Å². The molecule has 0 radical (unpaired) electrons. The average Bonchev–Trinajstić information content (AvgIpc) is 3.21. The van der Waals surface area contributed by atoms with Crippen LogP contribution in [-0.2, 0) is 4.79 Å². The van der Waals surface area contributed by atoms with Crippen molar-refractivity contribution in [1.82, 2.24) is 10.4 Å². The number of ether oxygens (including phenoxy) is 1. The van der Waals surface area contributed by atoms with E-state index in [2.05, 4.69) is 15.5 Å². The number of thiazole rings is 1. The lowest BCUT2D eigenvalue weighted by Gasteiger charge is -2.00. The topological polar surface area (TPSA) is 101 Å². The number of hydrogen-bond acceptors (Lipinski definition) is 8. The highest BCUT2D eigenvalue weighted by molar-refractivity contribution is 8.01. The number of nitrogens with zero attached hydrogens (tertiary/aromatic N) is 3. The highest BCUT2D eigenvalue weighted by Crippen LogP contribution is 2.36. The molecule has 0 aliphatic heterocycles. The fourth-order valence-corrected chi connectivity index (χ4v) is 4.01. The van der Waals surface area contributed by atoms with E-state index in [1.54, 1.807) is 29.5 Å². The summed E-state index contributed by atoms with van der Waals surface area (Å²) in [6.07, 6.45) is 1.14. The first kappa shape index (κ1) is 18.0. The molecule has 0 aliphatic rings. The van der Waals surface area contributed by atoms with Crippen molar-refractivity contribution in [2.24, 2.45) is 5.10 Å². The van der Waals surface area contributed by atoms with Gasteiger partial charge in [0.15, 0.2) is 9.43 Å². The Balaban J connectivity index is 1.65. The van der Waals surface area contributed by atoms with Gasteiger partial charge in [-0.3, -0.25) is 4.79 Å². The maximum Gasteiger partial charge on any atom is 0.254 e. The van der Waals surface area contributed by atoms with Crippen LogP contribution in [0.4, 0.5) is 0 Å². The predicted octanol–water partition coefficient (Wildman–Crippen LogP) is 3.80. The molecule has 0 spiro atoms. The van der Waals surface area contributed by atoms with Gasteiger partial charge >= 0.3 is 0 Å². The zero-order chi connectivity index (χ0) is 18.4. The molecular weight excluding hydrogens is 372 g/mol. The van der Waals surface area contributed by atoms with Crippen LogP contribution in [-0.4, -0.2) is 23.7 Å². The van der Waals surface area contributed by atoms with Gasteiger partial charge in [-0.15, -0.1) is 11.3 Å². The number of rotatable bonds is 7. The molecule has 1 aromatic carbocycles. The quantitative estimate of drug-likeness (QED) is 0.490. The summed E-state index contributed by atoms with van der Waals surface area (Å²) in [5.74, 6) is 0.852. The van der Waals surface area contributed by atoms with Gasteiger partial charge in [0, 0.05) is 0 Å². The fourth-order valence-electron chi connectivity index (χ4n) is 2.01. The van der Waals surface area contributed by atoms with Gasteiger partial charge < -0.3 is 9.15 Å². The minimum atomic E-state index is -0.467. The van der Waals surface area contributed by atoms with E-state index in [-0.39, 0.29) is 6.42 Å². The maximum atomic E-state index is 11.1. The van der Waals surface area contributed by atoms with Crippen LogP contribution in [0.15, 0.2) is 49.3 Å². The van der Waals surface area contributed by atoms with Crippen molar-refractivity contribution in [3.63, 3.8) is 0 Å². The molecule has 3 rings (SSSR count). The molecule has 2 aromatic heterocycles. The Hall–Kier alpha value is -2.83. The molecule has 1 N–H and O–H groups in total. The van der Waals surface area contributed by atoms with Gasteiger partial charge in [0.25, 0.3) is 5.91 Å². The van der Waals surface area contributed by atoms with Crippen molar-refractivity contribution in [2.45, 2.75) is 22.8 Å². The number of amides is 1. The van der Waals surface area contributed by atoms with Gasteiger partial charge in [-0.05, 0) is 49.0 Å². The summed E-state index contributed by atoms with van der Waals surface area (Å²) in [6.45, 7) is 2.57. The lowest BCUT2D eigenvalue weighted by Crippen LogP contribution is -2.15. The number of hydrazone groups is 1. The van der Waals surface area contributed by atoms with Gasteiger partial charge in [0.2, 0.25) is 0 Å². The molecule has 0 unspecified atom stereocenters. The summed E-state index contributed by atoms with van der Waals surface area (Å²) >= 11 is 2.97. The second-order valence-corrected chi connectivity index (χ2v) is 7.21. The number of carbonyl (C=O) groups is 1. The highest BCUT2D eigenvalue weighted by atomic mass is 32.2. The maximum absolute atomic E-state index is 11.1. The Morgan fingerprint density at radius 1 is 1.50 bits per heavy atom. The number of fused-ring (bicyclic) bond motifs is 1. The number of nitrogens with one attached hydrogen (secondary N) is 1. The monoisotopic (exact) mass is 386 g/mol. The molecule has 0 fully saturated rings. The Morgan fingerprint density at radius 2 is 2.38 bits per heavy atom. The third-order valence-corrected chi connectivity index (χ3v) is 5.06. The Kier molecular flexibility index (Phi) is 5.88. The molecule has 0 bridgehead atoms. The molecule has 132 valence electrons. The SMILES string of the molecule is CCOc1ccc2nc(Sc3ccc(/C=N/NC(=O)CC#N)o3)sc2c1. The van der Waals surface area contributed by atoms with Crippen LogP contribution in [0.1, 0.15) is 19.1 Å². The van der Waals surface area contributed by atoms with E-state index in [0.29, 0.717) is 17.5 Å². The Labute approximate surface area is 157 Å². The third kappa shape index (κ3) is 4.62. The van der Waals surface area contributed by atoms with E-state index in [4.69, 9.17) is 14.4 Å². The summed E-state index contributed by atoms with van der Waals surface area (Å²) in [4.78, 5) is 15.7. The van der Waals surface area contributed by atoms with Crippen LogP contribution in [0.3, 0.4) is 0 Å². The van der Waals surface area contributed by atoms with Gasteiger partial charge in [0.1, 0.15) is 17.9 Å². The van der Waals surface area contributed by atoms with E-state index in [1.807, 2.05) is 25.1 Å². The Morgan fingerprint density at radius 3 is 3.19 bits per heavy atom. The fraction of sp³-hybridized carbons (Fsp3) is 0.176. The minimum absolute atomic E-state index is 0.237. The third-order valence-electron chi connectivity index (χ3n) is 3.06. The molecular formula is C17H14N4O3S2. The molecule has 7 nitrogen and oxygen atoms in total.